The number of aryl methyl sites for hydroxylation is 2. The Kier molecular flexibility index (Phi) is 4.47. The summed E-state index contributed by atoms with van der Waals surface area (Å²) >= 11 is 0. The van der Waals surface area contributed by atoms with Crippen molar-refractivity contribution in [2.24, 2.45) is 0 Å². The van der Waals surface area contributed by atoms with Gasteiger partial charge in [-0.2, -0.15) is 5.10 Å². The number of carbonyl (C=O) groups excluding carboxylic acids is 1. The van der Waals surface area contributed by atoms with E-state index in [0.717, 1.165) is 28.7 Å². The van der Waals surface area contributed by atoms with E-state index in [9.17, 15) is 4.79 Å². The highest BCUT2D eigenvalue weighted by molar-refractivity contribution is 6.11. The monoisotopic (exact) mass is 355 g/mol. The highest BCUT2D eigenvalue weighted by atomic mass is 16.2. The molecule has 0 bridgehead atoms. The summed E-state index contributed by atoms with van der Waals surface area (Å²) in [7, 11) is 0. The summed E-state index contributed by atoms with van der Waals surface area (Å²) in [5, 5.41) is 8.42. The average Bonchev–Trinajstić information content (AvgIpc) is 3.09. The smallest absolute Gasteiger partial charge is 0.276 e. The second-order valence-corrected chi connectivity index (χ2v) is 6.62. The van der Waals surface area contributed by atoms with Gasteiger partial charge < -0.3 is 5.32 Å². The van der Waals surface area contributed by atoms with E-state index in [1.54, 1.807) is 0 Å². The van der Waals surface area contributed by atoms with Crippen LogP contribution in [-0.4, -0.2) is 15.7 Å². The van der Waals surface area contributed by atoms with Gasteiger partial charge in [0.25, 0.3) is 5.91 Å². The maximum atomic E-state index is 12.9. The Morgan fingerprint density at radius 3 is 2.37 bits per heavy atom. The number of anilines is 1. The molecule has 1 aromatic heterocycles. The van der Waals surface area contributed by atoms with Crippen molar-refractivity contribution < 1.29 is 4.79 Å². The molecule has 4 heteroatoms. The van der Waals surface area contributed by atoms with E-state index in [0.29, 0.717) is 5.69 Å². The molecule has 0 aliphatic rings. The van der Waals surface area contributed by atoms with Gasteiger partial charge in [-0.05, 0) is 49.2 Å². The van der Waals surface area contributed by atoms with E-state index in [2.05, 4.69) is 17.3 Å². The Morgan fingerprint density at radius 1 is 0.963 bits per heavy atom. The van der Waals surface area contributed by atoms with E-state index in [-0.39, 0.29) is 5.91 Å². The molecule has 0 aliphatic carbocycles. The van der Waals surface area contributed by atoms with Gasteiger partial charge in [-0.15, -0.1) is 0 Å². The summed E-state index contributed by atoms with van der Waals surface area (Å²) in [6.07, 6.45) is 0.972. The maximum absolute atomic E-state index is 12.9. The van der Waals surface area contributed by atoms with Gasteiger partial charge in [-0.3, -0.25) is 4.79 Å². The molecule has 134 valence electrons. The minimum absolute atomic E-state index is 0.207. The third-order valence-corrected chi connectivity index (χ3v) is 4.70. The van der Waals surface area contributed by atoms with Gasteiger partial charge in [0.15, 0.2) is 5.69 Å². The molecular formula is C23H21N3O. The third-order valence-electron chi connectivity index (χ3n) is 4.70. The Morgan fingerprint density at radius 2 is 1.67 bits per heavy atom. The lowest BCUT2D eigenvalue weighted by atomic mass is 10.1. The Labute approximate surface area is 158 Å². The van der Waals surface area contributed by atoms with Crippen LogP contribution >= 0.6 is 0 Å². The molecule has 0 fully saturated rings. The van der Waals surface area contributed by atoms with Gasteiger partial charge in [0.05, 0.1) is 11.2 Å². The van der Waals surface area contributed by atoms with Crippen LogP contribution in [-0.2, 0) is 6.42 Å². The highest BCUT2D eigenvalue weighted by Crippen LogP contribution is 2.23. The van der Waals surface area contributed by atoms with Gasteiger partial charge in [0.1, 0.15) is 0 Å². The lowest BCUT2D eigenvalue weighted by Crippen LogP contribution is -2.13. The zero-order valence-electron chi connectivity index (χ0n) is 15.4. The van der Waals surface area contributed by atoms with Crippen molar-refractivity contribution in [2.45, 2.75) is 20.3 Å². The Hall–Kier alpha value is -3.40. The lowest BCUT2D eigenvalue weighted by Gasteiger charge is -2.05. The zero-order valence-corrected chi connectivity index (χ0v) is 15.4. The van der Waals surface area contributed by atoms with Gasteiger partial charge in [0, 0.05) is 11.1 Å². The standard InChI is InChI=1S/C23H21N3O/c1-3-17-10-12-18(13-11-17)24-23(27)22-20-6-4-5-7-21(20)26(25-22)19-14-8-16(2)9-15-19/h4-15H,3H2,1-2H3,(H,24,27). The molecule has 0 radical (unpaired) electrons. The summed E-state index contributed by atoms with van der Waals surface area (Å²) in [5.74, 6) is -0.207. The number of aromatic nitrogens is 2. The Balaban J connectivity index is 1.72. The van der Waals surface area contributed by atoms with Gasteiger partial charge in [-0.25, -0.2) is 4.68 Å². The average molecular weight is 355 g/mol. The van der Waals surface area contributed by atoms with Crippen LogP contribution in [0.2, 0.25) is 0 Å². The van der Waals surface area contributed by atoms with E-state index >= 15 is 0 Å². The van der Waals surface area contributed by atoms with Crippen LogP contribution < -0.4 is 5.32 Å². The minimum atomic E-state index is -0.207. The van der Waals surface area contributed by atoms with Gasteiger partial charge in [-0.1, -0.05) is 55.0 Å². The number of benzene rings is 3. The zero-order chi connectivity index (χ0) is 18.8. The molecule has 0 unspecified atom stereocenters. The van der Waals surface area contributed by atoms with Crippen LogP contribution in [0.3, 0.4) is 0 Å². The molecule has 4 aromatic rings. The molecule has 0 spiro atoms. The normalized spacial score (nSPS) is 10.9. The van der Waals surface area contributed by atoms with Crippen LogP contribution in [0.5, 0.6) is 0 Å². The summed E-state index contributed by atoms with van der Waals surface area (Å²) in [6, 6.07) is 23.8. The topological polar surface area (TPSA) is 46.9 Å². The lowest BCUT2D eigenvalue weighted by molar-refractivity contribution is 0.102. The molecule has 4 nitrogen and oxygen atoms in total. The predicted molar refractivity (Wildman–Crippen MR) is 110 cm³/mol. The van der Waals surface area contributed by atoms with Crippen molar-refractivity contribution in [3.8, 4) is 5.69 Å². The van der Waals surface area contributed by atoms with Crippen LogP contribution in [0, 0.1) is 6.92 Å². The molecule has 0 saturated carbocycles. The highest BCUT2D eigenvalue weighted by Gasteiger charge is 2.18. The van der Waals surface area contributed by atoms with Crippen molar-refractivity contribution in [3.63, 3.8) is 0 Å². The molecular weight excluding hydrogens is 334 g/mol. The first-order chi connectivity index (χ1) is 13.2. The molecule has 3 aromatic carbocycles. The summed E-state index contributed by atoms with van der Waals surface area (Å²) in [6.45, 7) is 4.16. The fourth-order valence-corrected chi connectivity index (χ4v) is 3.13. The molecule has 0 saturated heterocycles. The number of rotatable bonds is 4. The van der Waals surface area contributed by atoms with Crippen molar-refractivity contribution >= 4 is 22.5 Å². The van der Waals surface area contributed by atoms with Crippen LogP contribution in [0.4, 0.5) is 5.69 Å². The summed E-state index contributed by atoms with van der Waals surface area (Å²) < 4.78 is 1.82. The number of fused-ring (bicyclic) bond motifs is 1. The van der Waals surface area contributed by atoms with E-state index in [1.165, 1.54) is 11.1 Å². The van der Waals surface area contributed by atoms with Crippen LogP contribution in [0.1, 0.15) is 28.5 Å². The first-order valence-corrected chi connectivity index (χ1v) is 9.11. The number of carbonyl (C=O) groups is 1. The van der Waals surface area contributed by atoms with Gasteiger partial charge >= 0.3 is 0 Å². The maximum Gasteiger partial charge on any atom is 0.276 e. The largest absolute Gasteiger partial charge is 0.321 e. The number of nitrogens with one attached hydrogen (secondary N) is 1. The SMILES string of the molecule is CCc1ccc(NC(=O)c2nn(-c3ccc(C)cc3)c3ccccc23)cc1. The molecule has 1 N–H and O–H groups in total. The number of hydrogen-bond acceptors (Lipinski definition) is 2. The van der Waals surface area contributed by atoms with E-state index < -0.39 is 0 Å². The number of nitrogens with zero attached hydrogens (tertiary/aromatic N) is 2. The minimum Gasteiger partial charge on any atom is -0.321 e. The predicted octanol–water partition coefficient (Wildman–Crippen LogP) is 5.15. The van der Waals surface area contributed by atoms with Crippen molar-refractivity contribution in [2.75, 3.05) is 5.32 Å². The van der Waals surface area contributed by atoms with Crippen molar-refractivity contribution in [1.82, 2.24) is 9.78 Å². The molecule has 0 aliphatic heterocycles. The summed E-state index contributed by atoms with van der Waals surface area (Å²) in [4.78, 5) is 12.9. The second-order valence-electron chi connectivity index (χ2n) is 6.62. The van der Waals surface area contributed by atoms with E-state index in [1.807, 2.05) is 84.4 Å². The van der Waals surface area contributed by atoms with Crippen molar-refractivity contribution in [3.05, 3.63) is 89.6 Å². The Bertz CT molecular complexity index is 1090. The number of amides is 1. The van der Waals surface area contributed by atoms with E-state index in [4.69, 9.17) is 0 Å². The van der Waals surface area contributed by atoms with Gasteiger partial charge in [0.2, 0.25) is 0 Å². The molecule has 27 heavy (non-hydrogen) atoms. The molecule has 1 amide bonds. The van der Waals surface area contributed by atoms with Crippen LogP contribution in [0.15, 0.2) is 72.8 Å². The fourth-order valence-electron chi connectivity index (χ4n) is 3.13. The second kappa shape index (κ2) is 7.08. The molecule has 0 atom stereocenters. The fraction of sp³-hybridized carbons (Fsp3) is 0.130. The quantitative estimate of drug-likeness (QED) is 0.550. The molecule has 1 heterocycles. The third kappa shape index (κ3) is 3.34. The van der Waals surface area contributed by atoms with Crippen LogP contribution in [0.25, 0.3) is 16.6 Å². The molecule has 4 rings (SSSR count). The first-order valence-electron chi connectivity index (χ1n) is 9.11. The number of hydrogen-bond donors (Lipinski definition) is 1. The summed E-state index contributed by atoms with van der Waals surface area (Å²) in [5.41, 5.74) is 5.46. The number of para-hydroxylation sites is 1. The first kappa shape index (κ1) is 17.0. The van der Waals surface area contributed by atoms with Crippen molar-refractivity contribution in [1.29, 1.82) is 0 Å².